The summed E-state index contributed by atoms with van der Waals surface area (Å²) in [6, 6.07) is 21.7. The van der Waals surface area contributed by atoms with E-state index < -0.39 is 0 Å². The van der Waals surface area contributed by atoms with Crippen molar-refractivity contribution in [3.05, 3.63) is 72.3 Å². The van der Waals surface area contributed by atoms with E-state index in [1.807, 2.05) is 71.6 Å². The molecule has 1 saturated heterocycles. The molecular weight excluding hydrogens is 386 g/mol. The fraction of sp³-hybridized carbons (Fsp3) is 0.308. The van der Waals surface area contributed by atoms with Gasteiger partial charge < -0.3 is 15.1 Å². The van der Waals surface area contributed by atoms with Crippen LogP contribution in [0.4, 0.5) is 11.4 Å². The van der Waals surface area contributed by atoms with Crippen molar-refractivity contribution in [2.24, 2.45) is 5.92 Å². The molecule has 1 fully saturated rings. The Balaban J connectivity index is 1.35. The van der Waals surface area contributed by atoms with Gasteiger partial charge in [0.15, 0.2) is 0 Å². The Morgan fingerprint density at radius 1 is 0.871 bits per heavy atom. The van der Waals surface area contributed by atoms with Gasteiger partial charge in [-0.1, -0.05) is 44.2 Å². The maximum atomic E-state index is 12.7. The van der Waals surface area contributed by atoms with Crippen molar-refractivity contribution >= 4 is 34.0 Å². The molecule has 0 saturated carbocycles. The highest BCUT2D eigenvalue weighted by Gasteiger charge is 2.21. The zero-order valence-electron chi connectivity index (χ0n) is 18.2. The van der Waals surface area contributed by atoms with Crippen LogP contribution in [0.5, 0.6) is 0 Å². The predicted octanol–water partition coefficient (Wildman–Crippen LogP) is 4.79. The Hall–Kier alpha value is -3.34. The maximum Gasteiger partial charge on any atom is 0.255 e. The molecule has 1 N–H and O–H groups in total. The highest BCUT2D eigenvalue weighted by atomic mass is 16.2. The van der Waals surface area contributed by atoms with Gasteiger partial charge in [0.1, 0.15) is 0 Å². The third-order valence-corrected chi connectivity index (χ3v) is 5.72. The second-order valence-corrected chi connectivity index (χ2v) is 8.53. The summed E-state index contributed by atoms with van der Waals surface area (Å²) >= 11 is 0. The minimum Gasteiger partial charge on any atom is -0.368 e. The Kier molecular flexibility index (Phi) is 6.21. The van der Waals surface area contributed by atoms with Crippen molar-refractivity contribution in [3.8, 4) is 0 Å². The van der Waals surface area contributed by atoms with Gasteiger partial charge >= 0.3 is 0 Å². The number of nitrogens with one attached hydrogen (secondary N) is 1. The maximum absolute atomic E-state index is 12.7. The molecule has 160 valence electrons. The van der Waals surface area contributed by atoms with Gasteiger partial charge in [-0.05, 0) is 53.1 Å². The summed E-state index contributed by atoms with van der Waals surface area (Å²) in [5, 5.41) is 5.15. The van der Waals surface area contributed by atoms with E-state index in [1.165, 1.54) is 0 Å². The van der Waals surface area contributed by atoms with Crippen molar-refractivity contribution < 1.29 is 9.59 Å². The van der Waals surface area contributed by atoms with Crippen LogP contribution in [-0.4, -0.2) is 42.9 Å². The van der Waals surface area contributed by atoms with Gasteiger partial charge in [-0.25, -0.2) is 0 Å². The van der Waals surface area contributed by atoms with Crippen LogP contribution in [0.3, 0.4) is 0 Å². The first-order valence-electron chi connectivity index (χ1n) is 10.9. The van der Waals surface area contributed by atoms with Crippen LogP contribution in [0.15, 0.2) is 66.7 Å². The van der Waals surface area contributed by atoms with E-state index in [2.05, 4.69) is 24.1 Å². The van der Waals surface area contributed by atoms with E-state index in [1.54, 1.807) is 0 Å². The standard InChI is InChI=1S/C26H29N3O2/c1-19(2)17-25(30)29-15-13-28(14-16-29)24-11-9-23(10-12-24)27-26(31)22-8-7-20-5-3-4-6-21(20)18-22/h3-12,18-19H,13-17H2,1-2H3,(H,27,31). The zero-order valence-corrected chi connectivity index (χ0v) is 18.2. The van der Waals surface area contributed by atoms with E-state index in [-0.39, 0.29) is 11.8 Å². The number of anilines is 2. The summed E-state index contributed by atoms with van der Waals surface area (Å²) in [5.74, 6) is 0.528. The highest BCUT2D eigenvalue weighted by molar-refractivity contribution is 6.06. The summed E-state index contributed by atoms with van der Waals surface area (Å²) < 4.78 is 0. The molecule has 0 spiro atoms. The average Bonchev–Trinajstić information content (AvgIpc) is 2.79. The van der Waals surface area contributed by atoms with E-state index in [4.69, 9.17) is 0 Å². The van der Waals surface area contributed by atoms with Crippen molar-refractivity contribution in [2.45, 2.75) is 20.3 Å². The van der Waals surface area contributed by atoms with Crippen LogP contribution in [-0.2, 0) is 4.79 Å². The largest absolute Gasteiger partial charge is 0.368 e. The van der Waals surface area contributed by atoms with Crippen molar-refractivity contribution in [3.63, 3.8) is 0 Å². The Morgan fingerprint density at radius 2 is 1.55 bits per heavy atom. The van der Waals surface area contributed by atoms with Gasteiger partial charge in [0.25, 0.3) is 5.91 Å². The van der Waals surface area contributed by atoms with Gasteiger partial charge in [0.2, 0.25) is 5.91 Å². The molecule has 3 aromatic rings. The molecule has 5 nitrogen and oxygen atoms in total. The first-order valence-corrected chi connectivity index (χ1v) is 10.9. The average molecular weight is 416 g/mol. The number of fused-ring (bicyclic) bond motifs is 1. The molecule has 1 aliphatic rings. The number of nitrogens with zero attached hydrogens (tertiary/aromatic N) is 2. The van der Waals surface area contributed by atoms with Gasteiger partial charge in [0.05, 0.1) is 0 Å². The molecule has 0 unspecified atom stereocenters. The van der Waals surface area contributed by atoms with Gasteiger partial charge in [-0.3, -0.25) is 9.59 Å². The molecular formula is C26H29N3O2. The molecule has 31 heavy (non-hydrogen) atoms. The van der Waals surface area contributed by atoms with Gasteiger partial charge in [0, 0.05) is 49.5 Å². The van der Waals surface area contributed by atoms with E-state index in [0.29, 0.717) is 17.9 Å². The molecule has 1 heterocycles. The van der Waals surface area contributed by atoms with Crippen LogP contribution < -0.4 is 10.2 Å². The first-order chi connectivity index (χ1) is 15.0. The van der Waals surface area contributed by atoms with E-state index >= 15 is 0 Å². The fourth-order valence-electron chi connectivity index (χ4n) is 3.98. The predicted molar refractivity (Wildman–Crippen MR) is 127 cm³/mol. The summed E-state index contributed by atoms with van der Waals surface area (Å²) in [4.78, 5) is 29.2. The third kappa shape index (κ3) is 5.05. The molecule has 0 atom stereocenters. The van der Waals surface area contributed by atoms with Crippen LogP contribution >= 0.6 is 0 Å². The summed E-state index contributed by atoms with van der Waals surface area (Å²) in [6.45, 7) is 7.32. The minimum absolute atomic E-state index is 0.115. The highest BCUT2D eigenvalue weighted by Crippen LogP contribution is 2.21. The molecule has 1 aliphatic heterocycles. The minimum atomic E-state index is -0.115. The monoisotopic (exact) mass is 415 g/mol. The normalized spacial score (nSPS) is 14.2. The number of piperazine rings is 1. The Labute approximate surface area is 183 Å². The van der Waals surface area contributed by atoms with Gasteiger partial charge in [-0.15, -0.1) is 0 Å². The smallest absolute Gasteiger partial charge is 0.255 e. The van der Waals surface area contributed by atoms with Crippen molar-refractivity contribution in [2.75, 3.05) is 36.4 Å². The molecule has 2 amide bonds. The van der Waals surface area contributed by atoms with Crippen LogP contribution in [0.1, 0.15) is 30.6 Å². The summed E-state index contributed by atoms with van der Waals surface area (Å²) in [5.41, 5.74) is 2.53. The topological polar surface area (TPSA) is 52.7 Å². The first kappa shape index (κ1) is 20.9. The lowest BCUT2D eigenvalue weighted by molar-refractivity contribution is -0.132. The number of benzene rings is 3. The van der Waals surface area contributed by atoms with Crippen molar-refractivity contribution in [1.82, 2.24) is 4.90 Å². The summed E-state index contributed by atoms with van der Waals surface area (Å²) in [6.07, 6.45) is 0.617. The van der Waals surface area contributed by atoms with Crippen LogP contribution in [0.2, 0.25) is 0 Å². The number of hydrogen-bond donors (Lipinski definition) is 1. The second kappa shape index (κ2) is 9.21. The van der Waals surface area contributed by atoms with Crippen molar-refractivity contribution in [1.29, 1.82) is 0 Å². The SMILES string of the molecule is CC(C)CC(=O)N1CCN(c2ccc(NC(=O)c3ccc4ccccc4c3)cc2)CC1. The molecule has 0 aromatic heterocycles. The van der Waals surface area contributed by atoms with E-state index in [0.717, 1.165) is 48.3 Å². The fourth-order valence-corrected chi connectivity index (χ4v) is 3.98. The molecule has 4 rings (SSSR count). The van der Waals surface area contributed by atoms with E-state index in [9.17, 15) is 9.59 Å². The lowest BCUT2D eigenvalue weighted by atomic mass is 10.1. The number of amides is 2. The second-order valence-electron chi connectivity index (χ2n) is 8.53. The lowest BCUT2D eigenvalue weighted by Crippen LogP contribution is -2.49. The number of hydrogen-bond acceptors (Lipinski definition) is 3. The molecule has 0 radical (unpaired) electrons. The molecule has 5 heteroatoms. The quantitative estimate of drug-likeness (QED) is 0.652. The number of carbonyl (C=O) groups is 2. The number of rotatable bonds is 5. The van der Waals surface area contributed by atoms with Crippen LogP contribution in [0.25, 0.3) is 10.8 Å². The Bertz CT molecular complexity index is 1070. The molecule has 0 aliphatic carbocycles. The van der Waals surface area contributed by atoms with Crippen LogP contribution in [0, 0.1) is 5.92 Å². The zero-order chi connectivity index (χ0) is 21.8. The third-order valence-electron chi connectivity index (χ3n) is 5.72. The molecule has 0 bridgehead atoms. The molecule has 3 aromatic carbocycles. The van der Waals surface area contributed by atoms with Gasteiger partial charge in [-0.2, -0.15) is 0 Å². The summed E-state index contributed by atoms with van der Waals surface area (Å²) in [7, 11) is 0. The number of carbonyl (C=O) groups excluding carboxylic acids is 2. The Morgan fingerprint density at radius 3 is 2.23 bits per heavy atom. The lowest BCUT2D eigenvalue weighted by Gasteiger charge is -2.36.